The minimum Gasteiger partial charge on any atom is -0.480 e. The molecule has 0 spiro atoms. The molecular weight excluding hydrogens is 554 g/mol. The first-order valence-corrected chi connectivity index (χ1v) is 13.6. The van der Waals surface area contributed by atoms with E-state index in [9.17, 15) is 28.3 Å². The number of carboxylic acid groups (broad SMARTS) is 1. The molecule has 4 aromatic rings. The SMILES string of the molecule is O=C(O)[C@@H]1CN(C(=O)N2c3ccccc3C=Cc3ccccc32)CCN1C(=O)N(c1ccccc1F)c1ccccc1F. The lowest BCUT2D eigenvalue weighted by Gasteiger charge is -2.42. The molecule has 0 unspecified atom stereocenters. The van der Waals surface area contributed by atoms with Crippen LogP contribution in [0.4, 0.5) is 41.1 Å². The Kier molecular flexibility index (Phi) is 7.33. The number of hydrogen-bond donors (Lipinski definition) is 1. The summed E-state index contributed by atoms with van der Waals surface area (Å²) in [6.45, 7) is -0.530. The van der Waals surface area contributed by atoms with Crippen molar-refractivity contribution in [3.8, 4) is 0 Å². The number of benzene rings is 4. The Balaban J connectivity index is 1.34. The van der Waals surface area contributed by atoms with Crippen LogP contribution in [0.3, 0.4) is 0 Å². The highest BCUT2D eigenvalue weighted by Gasteiger charge is 2.42. The molecule has 216 valence electrons. The molecule has 1 N–H and O–H groups in total. The van der Waals surface area contributed by atoms with Crippen LogP contribution in [0.5, 0.6) is 0 Å². The van der Waals surface area contributed by atoms with Crippen molar-refractivity contribution in [2.75, 3.05) is 29.4 Å². The van der Waals surface area contributed by atoms with Gasteiger partial charge in [0.2, 0.25) is 0 Å². The summed E-state index contributed by atoms with van der Waals surface area (Å²) in [6, 6.07) is 22.6. The first kappa shape index (κ1) is 27.6. The predicted molar refractivity (Wildman–Crippen MR) is 159 cm³/mol. The fourth-order valence-electron chi connectivity index (χ4n) is 5.45. The van der Waals surface area contributed by atoms with E-state index in [0.717, 1.165) is 33.1 Å². The second kappa shape index (κ2) is 11.4. The molecular formula is C33H26F2N4O4. The molecule has 4 amide bonds. The van der Waals surface area contributed by atoms with Crippen LogP contribution in [0, 0.1) is 11.6 Å². The van der Waals surface area contributed by atoms with Crippen LogP contribution in [0.15, 0.2) is 97.1 Å². The minimum absolute atomic E-state index is 0.00893. The van der Waals surface area contributed by atoms with Crippen LogP contribution in [0.25, 0.3) is 12.2 Å². The molecule has 0 bridgehead atoms. The average Bonchev–Trinajstić information content (AvgIpc) is 3.19. The van der Waals surface area contributed by atoms with Crippen LogP contribution < -0.4 is 9.80 Å². The predicted octanol–water partition coefficient (Wildman–Crippen LogP) is 6.74. The summed E-state index contributed by atoms with van der Waals surface area (Å²) in [5, 5.41) is 10.2. The van der Waals surface area contributed by atoms with Crippen molar-refractivity contribution < 1.29 is 28.3 Å². The van der Waals surface area contributed by atoms with E-state index >= 15 is 0 Å². The number of amides is 4. The number of carbonyl (C=O) groups is 3. The topological polar surface area (TPSA) is 84.4 Å². The van der Waals surface area contributed by atoms with Crippen molar-refractivity contribution in [3.63, 3.8) is 0 Å². The molecule has 10 heteroatoms. The first-order valence-electron chi connectivity index (χ1n) is 13.6. The molecule has 2 aliphatic heterocycles. The number of hydrogen-bond acceptors (Lipinski definition) is 3. The number of piperazine rings is 1. The van der Waals surface area contributed by atoms with Crippen molar-refractivity contribution in [1.82, 2.24) is 9.80 Å². The molecule has 1 fully saturated rings. The highest BCUT2D eigenvalue weighted by Crippen LogP contribution is 2.38. The van der Waals surface area contributed by atoms with Gasteiger partial charge in [0.25, 0.3) is 0 Å². The number of anilines is 4. The van der Waals surface area contributed by atoms with Gasteiger partial charge < -0.3 is 14.9 Å². The zero-order valence-electron chi connectivity index (χ0n) is 22.8. The number of carboxylic acids is 1. The summed E-state index contributed by atoms with van der Waals surface area (Å²) in [5.74, 6) is -2.93. The van der Waals surface area contributed by atoms with Gasteiger partial charge in [-0.05, 0) is 47.5 Å². The molecule has 4 aromatic carbocycles. The highest BCUT2D eigenvalue weighted by atomic mass is 19.1. The highest BCUT2D eigenvalue weighted by molar-refractivity contribution is 6.06. The maximum absolute atomic E-state index is 15.0. The summed E-state index contributed by atoms with van der Waals surface area (Å²) in [5.41, 5.74) is 2.41. The molecule has 2 aliphatic rings. The first-order chi connectivity index (χ1) is 20.8. The fourth-order valence-corrected chi connectivity index (χ4v) is 5.45. The largest absolute Gasteiger partial charge is 0.480 e. The third-order valence-electron chi connectivity index (χ3n) is 7.55. The van der Waals surface area contributed by atoms with Gasteiger partial charge >= 0.3 is 18.0 Å². The number of fused-ring (bicyclic) bond motifs is 2. The van der Waals surface area contributed by atoms with E-state index in [1.807, 2.05) is 60.7 Å². The van der Waals surface area contributed by atoms with E-state index in [0.29, 0.717) is 11.4 Å². The van der Waals surface area contributed by atoms with Gasteiger partial charge in [0.1, 0.15) is 17.7 Å². The minimum atomic E-state index is -1.48. The van der Waals surface area contributed by atoms with Crippen molar-refractivity contribution in [1.29, 1.82) is 0 Å². The number of urea groups is 2. The molecule has 2 heterocycles. The van der Waals surface area contributed by atoms with E-state index in [2.05, 4.69) is 0 Å². The van der Waals surface area contributed by atoms with E-state index in [4.69, 9.17) is 0 Å². The van der Waals surface area contributed by atoms with Crippen molar-refractivity contribution in [3.05, 3.63) is 120 Å². The summed E-state index contributed by atoms with van der Waals surface area (Å²) in [7, 11) is 0. The zero-order valence-corrected chi connectivity index (χ0v) is 22.8. The second-order valence-corrected chi connectivity index (χ2v) is 10.1. The van der Waals surface area contributed by atoms with Crippen LogP contribution in [0.1, 0.15) is 11.1 Å². The van der Waals surface area contributed by atoms with Gasteiger partial charge in [0, 0.05) is 13.1 Å². The molecule has 1 saturated heterocycles. The van der Waals surface area contributed by atoms with Gasteiger partial charge in [-0.3, -0.25) is 9.80 Å². The van der Waals surface area contributed by atoms with Crippen LogP contribution in [-0.2, 0) is 4.79 Å². The van der Waals surface area contributed by atoms with Crippen LogP contribution in [-0.4, -0.2) is 58.6 Å². The molecule has 0 aliphatic carbocycles. The van der Waals surface area contributed by atoms with E-state index in [1.54, 1.807) is 4.90 Å². The molecule has 0 radical (unpaired) electrons. The molecule has 0 aromatic heterocycles. The quantitative estimate of drug-likeness (QED) is 0.291. The van der Waals surface area contributed by atoms with Gasteiger partial charge in [0.15, 0.2) is 0 Å². The van der Waals surface area contributed by atoms with Crippen LogP contribution >= 0.6 is 0 Å². The Labute approximate surface area is 246 Å². The smallest absolute Gasteiger partial charge is 0.330 e. The normalized spacial score (nSPS) is 15.8. The summed E-state index contributed by atoms with van der Waals surface area (Å²) >= 11 is 0. The number of carbonyl (C=O) groups excluding carboxylic acids is 2. The number of rotatable bonds is 3. The zero-order chi connectivity index (χ0) is 30.1. The number of para-hydroxylation sites is 4. The van der Waals surface area contributed by atoms with E-state index < -0.39 is 35.7 Å². The van der Waals surface area contributed by atoms with Crippen LogP contribution in [0.2, 0.25) is 0 Å². The molecule has 6 rings (SSSR count). The van der Waals surface area contributed by atoms with Gasteiger partial charge in [0.05, 0.1) is 29.3 Å². The van der Waals surface area contributed by atoms with E-state index in [-0.39, 0.29) is 31.0 Å². The molecule has 0 saturated carbocycles. The summed E-state index contributed by atoms with van der Waals surface area (Å²) in [6.07, 6.45) is 3.83. The summed E-state index contributed by atoms with van der Waals surface area (Å²) < 4.78 is 30.0. The number of nitrogens with zero attached hydrogens (tertiary/aromatic N) is 4. The molecule has 8 nitrogen and oxygen atoms in total. The van der Waals surface area contributed by atoms with Gasteiger partial charge in [-0.1, -0.05) is 72.8 Å². The third kappa shape index (κ3) is 5.07. The lowest BCUT2D eigenvalue weighted by Crippen LogP contribution is -2.62. The number of halogens is 2. The van der Waals surface area contributed by atoms with Gasteiger partial charge in [-0.2, -0.15) is 0 Å². The second-order valence-electron chi connectivity index (χ2n) is 10.1. The maximum Gasteiger partial charge on any atom is 0.330 e. The Hall–Kier alpha value is -5.51. The average molecular weight is 581 g/mol. The molecule has 43 heavy (non-hydrogen) atoms. The van der Waals surface area contributed by atoms with Crippen molar-refractivity contribution in [2.24, 2.45) is 0 Å². The summed E-state index contributed by atoms with van der Waals surface area (Å²) in [4.78, 5) is 45.5. The van der Waals surface area contributed by atoms with E-state index in [1.165, 1.54) is 41.3 Å². The number of aliphatic carboxylic acids is 1. The van der Waals surface area contributed by atoms with Gasteiger partial charge in [-0.25, -0.2) is 23.2 Å². The Morgan fingerprint density at radius 2 is 1.19 bits per heavy atom. The Bertz CT molecular complexity index is 1670. The lowest BCUT2D eigenvalue weighted by atomic mass is 10.1. The maximum atomic E-state index is 15.0. The standard InChI is InChI=1S/C33H26F2N4O4/c34-24-11-3-7-15-28(24)39(29-16-8-4-12-25(29)35)33(43)37-20-19-36(21-30(37)31(40)41)32(42)38-26-13-5-1-9-22(26)17-18-23-10-2-6-14-27(23)38/h1-18,30H,19-21H2,(H,40,41)/t30-/m0/s1. The Morgan fingerprint density at radius 3 is 1.70 bits per heavy atom. The third-order valence-corrected chi connectivity index (χ3v) is 7.55. The van der Waals surface area contributed by atoms with Crippen molar-refractivity contribution in [2.45, 2.75) is 6.04 Å². The lowest BCUT2D eigenvalue weighted by molar-refractivity contribution is -0.143. The Morgan fingerprint density at radius 1 is 0.698 bits per heavy atom. The monoisotopic (exact) mass is 580 g/mol. The van der Waals surface area contributed by atoms with Gasteiger partial charge in [-0.15, -0.1) is 0 Å². The van der Waals surface area contributed by atoms with Crippen molar-refractivity contribution >= 4 is 52.9 Å². The fraction of sp³-hybridized carbons (Fsp3) is 0.121. The molecule has 1 atom stereocenters.